The van der Waals surface area contributed by atoms with Crippen LogP contribution in [0.15, 0.2) is 16.6 Å². The quantitative estimate of drug-likeness (QED) is 0.775. The number of ether oxygens (including phenoxy) is 1. The van der Waals surface area contributed by atoms with Crippen LogP contribution in [-0.4, -0.2) is 7.11 Å². The highest BCUT2D eigenvalue weighted by atomic mass is 79.9. The Morgan fingerprint density at radius 1 is 1.46 bits per heavy atom. The van der Waals surface area contributed by atoms with Crippen LogP contribution in [0.4, 0.5) is 4.39 Å². The molecule has 1 saturated carbocycles. The molecule has 3 heteroatoms. The molecule has 1 aromatic carbocycles. The van der Waals surface area contributed by atoms with E-state index in [4.69, 9.17) is 4.74 Å². The fourth-order valence-electron chi connectivity index (χ4n) is 1.51. The summed E-state index contributed by atoms with van der Waals surface area (Å²) in [6.07, 6.45) is 2.15. The Bertz CT molecular complexity index is 334. The zero-order valence-electron chi connectivity index (χ0n) is 7.31. The van der Waals surface area contributed by atoms with E-state index in [1.807, 2.05) is 0 Å². The van der Waals surface area contributed by atoms with Crippen molar-refractivity contribution < 1.29 is 9.13 Å². The Hall–Kier alpha value is -0.570. The van der Waals surface area contributed by atoms with Gasteiger partial charge in [0.2, 0.25) is 0 Å². The van der Waals surface area contributed by atoms with Crippen molar-refractivity contribution in [1.29, 1.82) is 0 Å². The third kappa shape index (κ3) is 1.57. The summed E-state index contributed by atoms with van der Waals surface area (Å²) >= 11 is 3.35. The molecule has 0 amide bonds. The number of methoxy groups -OCH3 is 1. The number of hydrogen-bond donors (Lipinski definition) is 0. The standard InChI is InChI=1S/C10H10BrFO/c1-13-10-7(11)4-5-8(12)9(10)6-2-3-6/h4-6H,2-3H2,1H3. The summed E-state index contributed by atoms with van der Waals surface area (Å²) < 4.78 is 19.4. The van der Waals surface area contributed by atoms with E-state index in [2.05, 4.69) is 15.9 Å². The summed E-state index contributed by atoms with van der Waals surface area (Å²) in [7, 11) is 1.57. The van der Waals surface area contributed by atoms with Gasteiger partial charge in [0, 0.05) is 5.56 Å². The molecule has 0 aliphatic heterocycles. The van der Waals surface area contributed by atoms with Gasteiger partial charge in [-0.2, -0.15) is 0 Å². The fraction of sp³-hybridized carbons (Fsp3) is 0.400. The van der Waals surface area contributed by atoms with Crippen molar-refractivity contribution in [3.63, 3.8) is 0 Å². The first-order valence-corrected chi connectivity index (χ1v) is 5.05. The lowest BCUT2D eigenvalue weighted by Crippen LogP contribution is -1.95. The van der Waals surface area contributed by atoms with Gasteiger partial charge in [0.25, 0.3) is 0 Å². The molecule has 2 rings (SSSR count). The summed E-state index contributed by atoms with van der Waals surface area (Å²) in [6.45, 7) is 0. The minimum Gasteiger partial charge on any atom is -0.495 e. The van der Waals surface area contributed by atoms with Crippen LogP contribution in [0.25, 0.3) is 0 Å². The Morgan fingerprint density at radius 3 is 2.69 bits per heavy atom. The molecular formula is C10H10BrFO. The summed E-state index contributed by atoms with van der Waals surface area (Å²) in [5.74, 6) is 0.873. The van der Waals surface area contributed by atoms with Gasteiger partial charge in [-0.3, -0.25) is 0 Å². The molecule has 70 valence electrons. The highest BCUT2D eigenvalue weighted by Gasteiger charge is 2.30. The van der Waals surface area contributed by atoms with Crippen molar-refractivity contribution in [1.82, 2.24) is 0 Å². The van der Waals surface area contributed by atoms with Crippen LogP contribution < -0.4 is 4.74 Å². The van der Waals surface area contributed by atoms with Gasteiger partial charge < -0.3 is 4.74 Å². The van der Waals surface area contributed by atoms with Crippen molar-refractivity contribution in [3.8, 4) is 5.75 Å². The topological polar surface area (TPSA) is 9.23 Å². The monoisotopic (exact) mass is 244 g/mol. The van der Waals surface area contributed by atoms with E-state index in [-0.39, 0.29) is 5.82 Å². The molecule has 0 saturated heterocycles. The Morgan fingerprint density at radius 2 is 2.15 bits per heavy atom. The molecule has 13 heavy (non-hydrogen) atoms. The molecule has 1 aromatic rings. The van der Waals surface area contributed by atoms with Crippen molar-refractivity contribution in [3.05, 3.63) is 28.0 Å². The van der Waals surface area contributed by atoms with Crippen LogP contribution in [0, 0.1) is 5.82 Å². The summed E-state index contributed by atoms with van der Waals surface area (Å²) in [5, 5.41) is 0. The normalized spacial score (nSPS) is 15.9. The van der Waals surface area contributed by atoms with E-state index in [0.717, 1.165) is 22.9 Å². The van der Waals surface area contributed by atoms with Crippen molar-refractivity contribution in [2.45, 2.75) is 18.8 Å². The van der Waals surface area contributed by atoms with E-state index in [1.165, 1.54) is 6.07 Å². The first-order valence-electron chi connectivity index (χ1n) is 4.26. The third-order valence-corrected chi connectivity index (χ3v) is 2.91. The Balaban J connectivity index is 2.53. The Kier molecular flexibility index (Phi) is 2.28. The maximum absolute atomic E-state index is 13.4. The molecule has 0 spiro atoms. The van der Waals surface area contributed by atoms with Crippen molar-refractivity contribution >= 4 is 15.9 Å². The van der Waals surface area contributed by atoms with E-state index >= 15 is 0 Å². The fourth-order valence-corrected chi connectivity index (χ4v) is 2.02. The number of hydrogen-bond acceptors (Lipinski definition) is 1. The lowest BCUT2D eigenvalue weighted by Gasteiger charge is -2.10. The summed E-state index contributed by atoms with van der Waals surface area (Å²) in [5.41, 5.74) is 0.733. The smallest absolute Gasteiger partial charge is 0.139 e. The SMILES string of the molecule is COc1c(Br)ccc(F)c1C1CC1. The van der Waals surface area contributed by atoms with Gasteiger partial charge in [-0.05, 0) is 46.8 Å². The largest absolute Gasteiger partial charge is 0.495 e. The second kappa shape index (κ2) is 3.29. The van der Waals surface area contributed by atoms with Crippen LogP contribution in [0.5, 0.6) is 5.75 Å². The van der Waals surface area contributed by atoms with Crippen LogP contribution >= 0.6 is 15.9 Å². The van der Waals surface area contributed by atoms with Gasteiger partial charge in [-0.25, -0.2) is 4.39 Å². The van der Waals surface area contributed by atoms with Gasteiger partial charge >= 0.3 is 0 Å². The number of benzene rings is 1. The average molecular weight is 245 g/mol. The Labute approximate surface area is 85.0 Å². The van der Waals surface area contributed by atoms with E-state index in [0.29, 0.717) is 11.7 Å². The highest BCUT2D eigenvalue weighted by Crippen LogP contribution is 2.47. The second-order valence-corrected chi connectivity index (χ2v) is 4.10. The molecular weight excluding hydrogens is 235 g/mol. The molecule has 0 heterocycles. The molecule has 1 nitrogen and oxygen atoms in total. The maximum Gasteiger partial charge on any atom is 0.139 e. The molecule has 0 bridgehead atoms. The van der Waals surface area contributed by atoms with Gasteiger partial charge in [0.15, 0.2) is 0 Å². The van der Waals surface area contributed by atoms with Crippen LogP contribution in [0.3, 0.4) is 0 Å². The van der Waals surface area contributed by atoms with E-state index in [1.54, 1.807) is 13.2 Å². The number of halogens is 2. The van der Waals surface area contributed by atoms with Crippen LogP contribution in [0.1, 0.15) is 24.3 Å². The first kappa shape index (κ1) is 9.00. The molecule has 0 atom stereocenters. The third-order valence-electron chi connectivity index (χ3n) is 2.28. The zero-order chi connectivity index (χ0) is 9.42. The zero-order valence-corrected chi connectivity index (χ0v) is 8.90. The lowest BCUT2D eigenvalue weighted by molar-refractivity contribution is 0.402. The molecule has 1 fully saturated rings. The van der Waals surface area contributed by atoms with Crippen LogP contribution in [-0.2, 0) is 0 Å². The molecule has 0 aromatic heterocycles. The van der Waals surface area contributed by atoms with Crippen LogP contribution in [0.2, 0.25) is 0 Å². The first-order chi connectivity index (χ1) is 6.24. The second-order valence-electron chi connectivity index (χ2n) is 3.25. The number of rotatable bonds is 2. The molecule has 0 radical (unpaired) electrons. The minimum atomic E-state index is -0.150. The van der Waals surface area contributed by atoms with Gasteiger partial charge in [0.1, 0.15) is 11.6 Å². The predicted octanol–water partition coefficient (Wildman–Crippen LogP) is 3.47. The maximum atomic E-state index is 13.4. The van der Waals surface area contributed by atoms with Crippen molar-refractivity contribution in [2.75, 3.05) is 7.11 Å². The predicted molar refractivity (Wildman–Crippen MR) is 52.6 cm³/mol. The molecule has 0 N–H and O–H groups in total. The summed E-state index contributed by atoms with van der Waals surface area (Å²) in [4.78, 5) is 0. The summed E-state index contributed by atoms with van der Waals surface area (Å²) in [6, 6.07) is 3.17. The molecule has 0 unspecified atom stereocenters. The van der Waals surface area contributed by atoms with Gasteiger partial charge in [0.05, 0.1) is 11.6 Å². The average Bonchev–Trinajstić information content (AvgIpc) is 2.91. The minimum absolute atomic E-state index is 0.150. The van der Waals surface area contributed by atoms with Gasteiger partial charge in [-0.1, -0.05) is 0 Å². The lowest BCUT2D eigenvalue weighted by atomic mass is 10.1. The van der Waals surface area contributed by atoms with E-state index in [9.17, 15) is 4.39 Å². The highest BCUT2D eigenvalue weighted by molar-refractivity contribution is 9.10. The molecule has 1 aliphatic rings. The van der Waals surface area contributed by atoms with E-state index < -0.39 is 0 Å². The molecule has 1 aliphatic carbocycles. The van der Waals surface area contributed by atoms with Crippen molar-refractivity contribution in [2.24, 2.45) is 0 Å². The van der Waals surface area contributed by atoms with Gasteiger partial charge in [-0.15, -0.1) is 0 Å².